The van der Waals surface area contributed by atoms with Crippen LogP contribution in [-0.4, -0.2) is 69.9 Å². The van der Waals surface area contributed by atoms with Crippen molar-refractivity contribution in [2.24, 2.45) is 4.99 Å². The van der Waals surface area contributed by atoms with Gasteiger partial charge in [0, 0.05) is 56.8 Å². The highest BCUT2D eigenvalue weighted by Gasteiger charge is 2.32. The molecule has 146 valence electrons. The second kappa shape index (κ2) is 9.92. The quantitative estimate of drug-likeness (QED) is 0.579. The second-order valence-corrected chi connectivity index (χ2v) is 7.71. The van der Waals surface area contributed by atoms with E-state index in [4.69, 9.17) is 14.2 Å². The fourth-order valence-electron chi connectivity index (χ4n) is 3.13. The molecular formula is C19H31N3O3S. The Bertz CT molecular complexity index is 604. The molecule has 1 fully saturated rings. The van der Waals surface area contributed by atoms with Crippen LogP contribution in [-0.2, 0) is 11.3 Å². The van der Waals surface area contributed by atoms with Gasteiger partial charge in [0.05, 0.1) is 14.2 Å². The van der Waals surface area contributed by atoms with Crippen LogP contribution in [0.4, 0.5) is 0 Å². The topological polar surface area (TPSA) is 55.3 Å². The number of guanidine groups is 1. The summed E-state index contributed by atoms with van der Waals surface area (Å²) in [5, 5.41) is 3.54. The molecule has 0 atom stereocenters. The van der Waals surface area contributed by atoms with Gasteiger partial charge in [-0.2, -0.15) is 11.8 Å². The Balaban J connectivity index is 2.01. The number of benzene rings is 1. The summed E-state index contributed by atoms with van der Waals surface area (Å²) in [6.07, 6.45) is 4.31. The van der Waals surface area contributed by atoms with Crippen LogP contribution in [0.25, 0.3) is 0 Å². The van der Waals surface area contributed by atoms with Gasteiger partial charge in [-0.1, -0.05) is 0 Å². The van der Waals surface area contributed by atoms with Crippen LogP contribution in [0.2, 0.25) is 0 Å². The molecule has 0 radical (unpaired) electrons. The fourth-order valence-corrected chi connectivity index (χ4v) is 3.93. The van der Waals surface area contributed by atoms with Crippen LogP contribution in [0.1, 0.15) is 18.4 Å². The number of hydrogen-bond acceptors (Lipinski definition) is 5. The van der Waals surface area contributed by atoms with Crippen LogP contribution in [0.5, 0.6) is 11.5 Å². The van der Waals surface area contributed by atoms with Crippen LogP contribution in [0.3, 0.4) is 0 Å². The lowest BCUT2D eigenvalue weighted by atomic mass is 9.99. The Hall–Kier alpha value is -1.60. The fraction of sp³-hybridized carbons (Fsp3) is 0.632. The summed E-state index contributed by atoms with van der Waals surface area (Å²) in [6, 6.07) is 5.89. The maximum absolute atomic E-state index is 5.52. The van der Waals surface area contributed by atoms with Gasteiger partial charge >= 0.3 is 0 Å². The highest BCUT2D eigenvalue weighted by Crippen LogP contribution is 2.33. The molecule has 1 heterocycles. The summed E-state index contributed by atoms with van der Waals surface area (Å²) < 4.78 is 16.5. The molecule has 6 nitrogen and oxygen atoms in total. The smallest absolute Gasteiger partial charge is 0.193 e. The molecule has 0 amide bonds. The van der Waals surface area contributed by atoms with E-state index >= 15 is 0 Å². The Kier molecular flexibility index (Phi) is 7.90. The van der Waals surface area contributed by atoms with E-state index in [0.29, 0.717) is 6.54 Å². The maximum Gasteiger partial charge on any atom is 0.193 e. The normalized spacial score (nSPS) is 16.9. The molecule has 1 N–H and O–H groups in total. The summed E-state index contributed by atoms with van der Waals surface area (Å²) in [7, 11) is 7.19. The van der Waals surface area contributed by atoms with Crippen LogP contribution in [0.15, 0.2) is 23.2 Å². The molecule has 0 bridgehead atoms. The zero-order valence-electron chi connectivity index (χ0n) is 16.5. The van der Waals surface area contributed by atoms with Crippen molar-refractivity contribution in [3.05, 3.63) is 23.8 Å². The molecule has 1 saturated heterocycles. The van der Waals surface area contributed by atoms with Crippen molar-refractivity contribution in [2.75, 3.05) is 54.3 Å². The predicted molar refractivity (Wildman–Crippen MR) is 109 cm³/mol. The van der Waals surface area contributed by atoms with Crippen molar-refractivity contribution >= 4 is 17.7 Å². The largest absolute Gasteiger partial charge is 0.497 e. The van der Waals surface area contributed by atoms with Crippen LogP contribution < -0.4 is 14.8 Å². The van der Waals surface area contributed by atoms with Gasteiger partial charge in [0.2, 0.25) is 0 Å². The highest BCUT2D eigenvalue weighted by atomic mass is 32.2. The lowest BCUT2D eigenvalue weighted by molar-refractivity contribution is 0.0781. The highest BCUT2D eigenvalue weighted by molar-refractivity contribution is 8.00. The van der Waals surface area contributed by atoms with E-state index in [1.807, 2.05) is 44.1 Å². The van der Waals surface area contributed by atoms with Gasteiger partial charge in [0.25, 0.3) is 0 Å². The SMILES string of the molecule is CN=C(NCC1(SC)CCOCC1)N(C)Cc1ccc(OC)cc1OC. The molecule has 1 aromatic carbocycles. The number of methoxy groups -OCH3 is 2. The number of thioether (sulfide) groups is 1. The second-order valence-electron chi connectivity index (χ2n) is 6.43. The van der Waals surface area contributed by atoms with Crippen molar-refractivity contribution in [2.45, 2.75) is 24.1 Å². The zero-order valence-corrected chi connectivity index (χ0v) is 17.3. The molecule has 2 rings (SSSR count). The zero-order chi connectivity index (χ0) is 19.0. The Labute approximate surface area is 161 Å². The lowest BCUT2D eigenvalue weighted by Crippen LogP contribution is -2.48. The lowest BCUT2D eigenvalue weighted by Gasteiger charge is -2.37. The Morgan fingerprint density at radius 1 is 1.31 bits per heavy atom. The van der Waals surface area contributed by atoms with E-state index in [9.17, 15) is 0 Å². The number of ether oxygens (including phenoxy) is 3. The Morgan fingerprint density at radius 2 is 2.04 bits per heavy atom. The average molecular weight is 382 g/mol. The van der Waals surface area contributed by atoms with Gasteiger partial charge in [0.1, 0.15) is 11.5 Å². The maximum atomic E-state index is 5.52. The number of rotatable bonds is 7. The van der Waals surface area contributed by atoms with Crippen LogP contribution >= 0.6 is 11.8 Å². The first-order valence-electron chi connectivity index (χ1n) is 8.83. The monoisotopic (exact) mass is 381 g/mol. The molecule has 1 aliphatic heterocycles. The number of aliphatic imine (C=N–C) groups is 1. The van der Waals surface area contributed by atoms with Gasteiger partial charge < -0.3 is 24.4 Å². The van der Waals surface area contributed by atoms with Crippen molar-refractivity contribution < 1.29 is 14.2 Å². The summed E-state index contributed by atoms with van der Waals surface area (Å²) in [4.78, 5) is 6.56. The molecule has 0 saturated carbocycles. The standard InChI is InChI=1S/C19H31N3O3S/c1-20-18(21-14-19(26-5)8-10-25-11-9-19)22(2)13-15-6-7-16(23-3)12-17(15)24-4/h6-7,12H,8-11,13-14H2,1-5H3,(H,20,21). The summed E-state index contributed by atoms with van der Waals surface area (Å²) in [5.74, 6) is 2.48. The molecule has 0 aliphatic carbocycles. The van der Waals surface area contributed by atoms with E-state index in [1.54, 1.807) is 14.2 Å². The summed E-state index contributed by atoms with van der Waals surface area (Å²) >= 11 is 1.92. The number of nitrogens with zero attached hydrogens (tertiary/aromatic N) is 2. The van der Waals surface area contributed by atoms with Gasteiger partial charge in [-0.3, -0.25) is 4.99 Å². The minimum atomic E-state index is 0.215. The average Bonchev–Trinajstić information content (AvgIpc) is 2.69. The number of nitrogens with one attached hydrogen (secondary N) is 1. The molecule has 0 unspecified atom stereocenters. The molecule has 0 spiro atoms. The molecule has 0 aromatic heterocycles. The third-order valence-corrected chi connectivity index (χ3v) is 6.30. The summed E-state index contributed by atoms with van der Waals surface area (Å²) in [6.45, 7) is 3.25. The van der Waals surface area contributed by atoms with E-state index in [0.717, 1.165) is 55.6 Å². The van der Waals surface area contributed by atoms with Gasteiger partial charge in [-0.25, -0.2) is 0 Å². The molecular weight excluding hydrogens is 350 g/mol. The van der Waals surface area contributed by atoms with E-state index in [-0.39, 0.29) is 4.75 Å². The van der Waals surface area contributed by atoms with Crippen molar-refractivity contribution in [1.82, 2.24) is 10.2 Å². The summed E-state index contributed by atoms with van der Waals surface area (Å²) in [5.41, 5.74) is 1.09. The van der Waals surface area contributed by atoms with E-state index < -0.39 is 0 Å². The third kappa shape index (κ3) is 5.20. The molecule has 26 heavy (non-hydrogen) atoms. The third-order valence-electron chi connectivity index (χ3n) is 4.88. The molecule has 1 aliphatic rings. The minimum absolute atomic E-state index is 0.215. The first-order chi connectivity index (χ1) is 12.6. The first-order valence-corrected chi connectivity index (χ1v) is 10.1. The van der Waals surface area contributed by atoms with Gasteiger partial charge in [-0.15, -0.1) is 0 Å². The van der Waals surface area contributed by atoms with Crippen molar-refractivity contribution in [1.29, 1.82) is 0 Å². The Morgan fingerprint density at radius 3 is 2.62 bits per heavy atom. The van der Waals surface area contributed by atoms with Crippen molar-refractivity contribution in [3.8, 4) is 11.5 Å². The first kappa shape index (κ1) is 20.7. The van der Waals surface area contributed by atoms with Gasteiger partial charge in [0.15, 0.2) is 5.96 Å². The number of hydrogen-bond donors (Lipinski definition) is 1. The van der Waals surface area contributed by atoms with Gasteiger partial charge in [-0.05, 0) is 31.2 Å². The van der Waals surface area contributed by atoms with Crippen molar-refractivity contribution in [3.63, 3.8) is 0 Å². The van der Waals surface area contributed by atoms with E-state index in [2.05, 4.69) is 21.5 Å². The predicted octanol–water partition coefficient (Wildman–Crippen LogP) is 2.62. The minimum Gasteiger partial charge on any atom is -0.497 e. The molecule has 7 heteroatoms. The molecule has 1 aromatic rings. The van der Waals surface area contributed by atoms with E-state index in [1.165, 1.54) is 0 Å². The van der Waals surface area contributed by atoms with Crippen LogP contribution in [0, 0.1) is 0 Å².